The zero-order valence-corrected chi connectivity index (χ0v) is 15.9. The van der Waals surface area contributed by atoms with Crippen LogP contribution in [0.2, 0.25) is 5.02 Å². The topological polar surface area (TPSA) is 102 Å². The fourth-order valence-electron chi connectivity index (χ4n) is 2.50. The van der Waals surface area contributed by atoms with Gasteiger partial charge in [-0.05, 0) is 18.6 Å². The van der Waals surface area contributed by atoms with E-state index in [9.17, 15) is 4.79 Å². The van der Waals surface area contributed by atoms with Gasteiger partial charge in [0.15, 0.2) is 12.0 Å². The fourth-order valence-corrected chi connectivity index (χ4v) is 2.66. The van der Waals surface area contributed by atoms with Crippen LogP contribution in [0.15, 0.2) is 24.5 Å². The normalized spacial score (nSPS) is 16.1. The lowest BCUT2D eigenvalue weighted by Gasteiger charge is -2.24. The van der Waals surface area contributed by atoms with Crippen LogP contribution < -0.4 is 20.7 Å². The molecule has 10 heteroatoms. The molecular weight excluding hydrogens is 384 g/mol. The van der Waals surface area contributed by atoms with Crippen LogP contribution in [0.3, 0.4) is 0 Å². The van der Waals surface area contributed by atoms with Gasteiger partial charge in [0.1, 0.15) is 18.5 Å². The van der Waals surface area contributed by atoms with Gasteiger partial charge in [0.2, 0.25) is 0 Å². The molecule has 0 unspecified atom stereocenters. The molecule has 3 N–H and O–H groups in total. The number of rotatable bonds is 5. The van der Waals surface area contributed by atoms with Gasteiger partial charge in [-0.15, -0.1) is 4.98 Å². The Kier molecular flexibility index (Phi) is 6.60. The summed E-state index contributed by atoms with van der Waals surface area (Å²) in [5.74, 6) is 0.809. The molecule has 0 saturated carbocycles. The van der Waals surface area contributed by atoms with Crippen molar-refractivity contribution in [3.05, 3.63) is 46.5 Å². The summed E-state index contributed by atoms with van der Waals surface area (Å²) in [7, 11) is 0. The van der Waals surface area contributed by atoms with Crippen LogP contribution in [0.4, 0.5) is 22.1 Å². The first-order chi connectivity index (χ1) is 13.5. The summed E-state index contributed by atoms with van der Waals surface area (Å²) < 4.78 is 11.5. The summed E-state index contributed by atoms with van der Waals surface area (Å²) in [4.78, 5) is 23.3. The van der Waals surface area contributed by atoms with Gasteiger partial charge in [-0.3, -0.25) is 5.32 Å². The second kappa shape index (κ2) is 9.32. The number of carbonyl (C=O) groups excluding carboxylic acids is 1. The van der Waals surface area contributed by atoms with Crippen molar-refractivity contribution in [1.29, 1.82) is 0 Å². The predicted molar refractivity (Wildman–Crippen MR) is 105 cm³/mol. The van der Waals surface area contributed by atoms with E-state index in [-0.39, 0.29) is 17.7 Å². The summed E-state index contributed by atoms with van der Waals surface area (Å²) >= 11 is 6.21. The van der Waals surface area contributed by atoms with E-state index in [0.717, 1.165) is 12.1 Å². The number of nitrogens with zero attached hydrogens (tertiary/aromatic N) is 3. The fraction of sp³-hybridized carbons (Fsp3) is 0.333. The van der Waals surface area contributed by atoms with E-state index in [1.54, 1.807) is 12.1 Å². The van der Waals surface area contributed by atoms with Crippen molar-refractivity contribution in [2.24, 2.45) is 0 Å². The first-order valence-electron chi connectivity index (χ1n) is 8.58. The number of morpholine rings is 1. The van der Waals surface area contributed by atoms with Crippen LogP contribution in [-0.2, 0) is 4.74 Å². The molecule has 1 aliphatic heterocycles. The van der Waals surface area contributed by atoms with E-state index in [0.29, 0.717) is 36.2 Å². The Labute approximate surface area is 167 Å². The van der Waals surface area contributed by atoms with E-state index >= 15 is 0 Å². The maximum Gasteiger partial charge on any atom is 0.325 e. The van der Waals surface area contributed by atoms with Gasteiger partial charge in [-0.1, -0.05) is 18.2 Å². The largest absolute Gasteiger partial charge is 0.489 e. The second-order valence-electron chi connectivity index (χ2n) is 6.06. The van der Waals surface area contributed by atoms with Crippen LogP contribution >= 0.6 is 11.6 Å². The van der Waals surface area contributed by atoms with Gasteiger partial charge in [-0.2, -0.15) is 0 Å². The van der Waals surface area contributed by atoms with Gasteiger partial charge in [0.05, 0.1) is 18.5 Å². The molecule has 2 heterocycles. The molecule has 9 nitrogen and oxygen atoms in total. The van der Waals surface area contributed by atoms with E-state index < -0.39 is 6.03 Å². The van der Waals surface area contributed by atoms with Crippen molar-refractivity contribution in [3.63, 3.8) is 0 Å². The summed E-state index contributed by atoms with van der Waals surface area (Å²) in [5, 5.41) is 9.05. The molecule has 2 aromatic rings. The first-order valence-corrected chi connectivity index (χ1v) is 8.95. The second-order valence-corrected chi connectivity index (χ2v) is 6.46. The van der Waals surface area contributed by atoms with Crippen molar-refractivity contribution in [3.8, 4) is 5.75 Å². The number of nitrogens with one attached hydrogen (secondary N) is 3. The molecule has 146 valence electrons. The minimum absolute atomic E-state index is 0.0771. The SMILES string of the molecule is [C-]#[N+]c1cnc(NC(=O)Nc2cc(C)c(Cl)cc2OC[C@@H]2CNCCO2)cn1. The number of ether oxygens (including phenoxy) is 2. The number of hydrogen-bond donors (Lipinski definition) is 3. The Morgan fingerprint density at radius 2 is 2.29 bits per heavy atom. The van der Waals surface area contributed by atoms with E-state index in [4.69, 9.17) is 27.6 Å². The molecule has 0 radical (unpaired) electrons. The van der Waals surface area contributed by atoms with Gasteiger partial charge < -0.3 is 25.0 Å². The Balaban J connectivity index is 1.67. The highest BCUT2D eigenvalue weighted by Gasteiger charge is 2.17. The molecule has 1 saturated heterocycles. The molecule has 1 atom stereocenters. The molecule has 0 spiro atoms. The maximum atomic E-state index is 12.3. The minimum atomic E-state index is -0.521. The molecule has 0 aliphatic carbocycles. The minimum Gasteiger partial charge on any atom is -0.489 e. The number of hydrogen-bond acceptors (Lipinski definition) is 6. The molecule has 3 rings (SSSR count). The number of anilines is 2. The maximum absolute atomic E-state index is 12.3. The van der Waals surface area contributed by atoms with E-state index in [2.05, 4.69) is 30.8 Å². The Morgan fingerprint density at radius 1 is 1.43 bits per heavy atom. The molecule has 1 aromatic heterocycles. The van der Waals surface area contributed by atoms with Crippen LogP contribution in [0.25, 0.3) is 4.85 Å². The smallest absolute Gasteiger partial charge is 0.325 e. The third-order valence-electron chi connectivity index (χ3n) is 3.93. The molecule has 1 fully saturated rings. The van der Waals surface area contributed by atoms with Crippen molar-refractivity contribution in [2.75, 3.05) is 36.9 Å². The van der Waals surface area contributed by atoms with Crippen molar-refractivity contribution < 1.29 is 14.3 Å². The summed E-state index contributed by atoms with van der Waals surface area (Å²) in [6.07, 6.45) is 2.51. The average molecular weight is 403 g/mol. The standard InChI is InChI=1S/C18H19ClN6O3/c1-11-5-14(24-18(26)25-17-9-22-16(20-2)8-23-17)15(6-13(11)19)28-10-12-7-21-3-4-27-12/h5-6,8-9,12,21H,3-4,7,10H2,1H3,(H2,23,24,25,26)/t12-/m0/s1. The summed E-state index contributed by atoms with van der Waals surface area (Å²) in [6.45, 7) is 11.2. The third kappa shape index (κ3) is 5.29. The lowest BCUT2D eigenvalue weighted by atomic mass is 10.2. The number of halogens is 1. The van der Waals surface area contributed by atoms with Gasteiger partial charge in [-0.25, -0.2) is 9.78 Å². The third-order valence-corrected chi connectivity index (χ3v) is 4.34. The Bertz CT molecular complexity index is 878. The quantitative estimate of drug-likeness (QED) is 0.664. The van der Waals surface area contributed by atoms with E-state index in [1.807, 2.05) is 6.92 Å². The molecule has 2 amide bonds. The zero-order valence-electron chi connectivity index (χ0n) is 15.2. The van der Waals surface area contributed by atoms with Crippen molar-refractivity contribution in [1.82, 2.24) is 15.3 Å². The lowest BCUT2D eigenvalue weighted by Crippen LogP contribution is -2.41. The molecule has 28 heavy (non-hydrogen) atoms. The van der Waals surface area contributed by atoms with Crippen LogP contribution in [-0.4, -0.2) is 48.4 Å². The van der Waals surface area contributed by atoms with Crippen LogP contribution in [0.1, 0.15) is 5.56 Å². The summed E-state index contributed by atoms with van der Waals surface area (Å²) in [5.41, 5.74) is 1.26. The predicted octanol–water partition coefficient (Wildman–Crippen LogP) is 3.00. The zero-order chi connectivity index (χ0) is 19.9. The number of carbonyl (C=O) groups is 1. The number of benzene rings is 1. The monoisotopic (exact) mass is 402 g/mol. The Morgan fingerprint density at radius 3 is 2.96 bits per heavy atom. The summed E-state index contributed by atoms with van der Waals surface area (Å²) in [6, 6.07) is 2.87. The number of aromatic nitrogens is 2. The number of aryl methyl sites for hydroxylation is 1. The number of amides is 2. The van der Waals surface area contributed by atoms with Crippen molar-refractivity contribution in [2.45, 2.75) is 13.0 Å². The van der Waals surface area contributed by atoms with Gasteiger partial charge >= 0.3 is 6.03 Å². The highest BCUT2D eigenvalue weighted by Crippen LogP contribution is 2.31. The molecule has 0 bridgehead atoms. The number of urea groups is 1. The lowest BCUT2D eigenvalue weighted by molar-refractivity contribution is 0.000351. The van der Waals surface area contributed by atoms with E-state index in [1.165, 1.54) is 12.4 Å². The average Bonchev–Trinajstić information content (AvgIpc) is 2.71. The van der Waals surface area contributed by atoms with Gasteiger partial charge in [0, 0.05) is 24.2 Å². The van der Waals surface area contributed by atoms with Gasteiger partial charge in [0.25, 0.3) is 5.82 Å². The Hall–Kier alpha value is -2.93. The molecule has 1 aromatic carbocycles. The molecular formula is C18H19ClN6O3. The highest BCUT2D eigenvalue weighted by atomic mass is 35.5. The molecule has 1 aliphatic rings. The van der Waals surface area contributed by atoms with Crippen molar-refractivity contribution >= 4 is 35.0 Å². The van der Waals surface area contributed by atoms with Crippen LogP contribution in [0.5, 0.6) is 5.75 Å². The first kappa shape index (κ1) is 19.8. The highest BCUT2D eigenvalue weighted by molar-refractivity contribution is 6.31. The van der Waals surface area contributed by atoms with Crippen LogP contribution in [0, 0.1) is 13.5 Å².